The van der Waals surface area contributed by atoms with Crippen LogP contribution in [0.5, 0.6) is 0 Å². The van der Waals surface area contributed by atoms with Gasteiger partial charge in [-0.1, -0.05) is 32.0 Å². The van der Waals surface area contributed by atoms with Gasteiger partial charge in [0, 0.05) is 6.61 Å². The summed E-state index contributed by atoms with van der Waals surface area (Å²) in [5.41, 5.74) is 1.86. The molecule has 0 bridgehead atoms. The van der Waals surface area contributed by atoms with Crippen LogP contribution in [0, 0.1) is 6.92 Å². The lowest BCUT2D eigenvalue weighted by atomic mass is 9.76. The van der Waals surface area contributed by atoms with Crippen LogP contribution in [-0.4, -0.2) is 22.8 Å². The summed E-state index contributed by atoms with van der Waals surface area (Å²) in [4.78, 5) is 11.5. The highest BCUT2D eigenvalue weighted by Crippen LogP contribution is 2.32. The number of carbonyl (C=O) groups is 1. The molecule has 1 rings (SSSR count). The van der Waals surface area contributed by atoms with Crippen molar-refractivity contribution in [3.05, 3.63) is 34.9 Å². The zero-order valence-corrected chi connectivity index (χ0v) is 11.5. The fourth-order valence-electron chi connectivity index (χ4n) is 2.17. The fraction of sp³-hybridized carbons (Fsp3) is 0.533. The Morgan fingerprint density at radius 2 is 2.00 bits per heavy atom. The molecule has 1 atom stereocenters. The van der Waals surface area contributed by atoms with Crippen LogP contribution in [0.4, 0.5) is 0 Å². The van der Waals surface area contributed by atoms with Crippen LogP contribution in [0.2, 0.25) is 0 Å². The SMILES string of the molecule is Cc1ccc(C(C)C)cc1C(C)(CCO)C(=O)O. The van der Waals surface area contributed by atoms with E-state index in [4.69, 9.17) is 5.11 Å². The second-order valence-corrected chi connectivity index (χ2v) is 5.34. The highest BCUT2D eigenvalue weighted by atomic mass is 16.4. The first kappa shape index (κ1) is 14.7. The molecule has 18 heavy (non-hydrogen) atoms. The third kappa shape index (κ3) is 2.72. The van der Waals surface area contributed by atoms with Crippen molar-refractivity contribution < 1.29 is 15.0 Å². The summed E-state index contributed by atoms with van der Waals surface area (Å²) in [6, 6.07) is 5.96. The van der Waals surface area contributed by atoms with Gasteiger partial charge in [0.1, 0.15) is 0 Å². The van der Waals surface area contributed by atoms with E-state index in [1.54, 1.807) is 6.92 Å². The quantitative estimate of drug-likeness (QED) is 0.844. The number of hydrogen-bond acceptors (Lipinski definition) is 2. The highest BCUT2D eigenvalue weighted by Gasteiger charge is 2.36. The standard InChI is InChI=1S/C15H22O3/c1-10(2)12-6-5-11(3)13(9-12)15(4,7-8-16)14(17)18/h5-6,9-10,16H,7-8H2,1-4H3,(H,17,18). The second kappa shape index (κ2) is 5.53. The summed E-state index contributed by atoms with van der Waals surface area (Å²) in [5.74, 6) is -0.530. The van der Waals surface area contributed by atoms with E-state index in [0.29, 0.717) is 5.92 Å². The largest absolute Gasteiger partial charge is 0.481 e. The summed E-state index contributed by atoms with van der Waals surface area (Å²) in [5, 5.41) is 18.6. The van der Waals surface area contributed by atoms with Crippen molar-refractivity contribution in [1.82, 2.24) is 0 Å². The normalized spacial score (nSPS) is 14.6. The van der Waals surface area contributed by atoms with Gasteiger partial charge in [-0.25, -0.2) is 0 Å². The summed E-state index contributed by atoms with van der Waals surface area (Å²) in [6.07, 6.45) is 0.227. The molecule has 2 N–H and O–H groups in total. The molecule has 0 aliphatic rings. The minimum atomic E-state index is -1.02. The van der Waals surface area contributed by atoms with Crippen LogP contribution < -0.4 is 0 Å². The van der Waals surface area contributed by atoms with E-state index < -0.39 is 11.4 Å². The predicted molar refractivity (Wildman–Crippen MR) is 72.0 cm³/mol. The Balaban J connectivity index is 3.35. The van der Waals surface area contributed by atoms with Gasteiger partial charge in [0.15, 0.2) is 0 Å². The van der Waals surface area contributed by atoms with Gasteiger partial charge in [-0.05, 0) is 42.9 Å². The molecule has 0 saturated carbocycles. The summed E-state index contributed by atoms with van der Waals surface area (Å²) >= 11 is 0. The van der Waals surface area contributed by atoms with Crippen molar-refractivity contribution in [2.45, 2.75) is 45.4 Å². The Bertz CT molecular complexity index is 437. The minimum absolute atomic E-state index is 0.131. The highest BCUT2D eigenvalue weighted by molar-refractivity contribution is 5.81. The lowest BCUT2D eigenvalue weighted by Gasteiger charge is -2.27. The summed E-state index contributed by atoms with van der Waals surface area (Å²) in [6.45, 7) is 7.63. The third-order valence-corrected chi connectivity index (χ3v) is 3.61. The zero-order chi connectivity index (χ0) is 13.9. The van der Waals surface area contributed by atoms with Crippen LogP contribution in [0.3, 0.4) is 0 Å². The molecular formula is C15H22O3. The maximum absolute atomic E-state index is 11.5. The van der Waals surface area contributed by atoms with Crippen molar-refractivity contribution in [2.75, 3.05) is 6.61 Å². The maximum atomic E-state index is 11.5. The minimum Gasteiger partial charge on any atom is -0.481 e. The number of hydrogen-bond donors (Lipinski definition) is 2. The Hall–Kier alpha value is -1.35. The maximum Gasteiger partial charge on any atom is 0.313 e. The van der Waals surface area contributed by atoms with E-state index in [9.17, 15) is 9.90 Å². The molecule has 0 saturated heterocycles. The van der Waals surface area contributed by atoms with Crippen molar-refractivity contribution in [3.8, 4) is 0 Å². The molecule has 0 aromatic heterocycles. The Labute approximate surface area is 108 Å². The number of carboxylic acids is 1. The molecule has 1 aromatic carbocycles. The molecule has 3 nitrogen and oxygen atoms in total. The Kier molecular flexibility index (Phi) is 4.52. The average molecular weight is 250 g/mol. The van der Waals surface area contributed by atoms with Gasteiger partial charge in [-0.2, -0.15) is 0 Å². The zero-order valence-electron chi connectivity index (χ0n) is 11.5. The first-order valence-corrected chi connectivity index (χ1v) is 6.28. The number of carboxylic acid groups (broad SMARTS) is 1. The van der Waals surface area contributed by atoms with E-state index in [1.165, 1.54) is 0 Å². The molecule has 100 valence electrons. The summed E-state index contributed by atoms with van der Waals surface area (Å²) < 4.78 is 0. The van der Waals surface area contributed by atoms with Crippen LogP contribution >= 0.6 is 0 Å². The monoisotopic (exact) mass is 250 g/mol. The molecule has 0 amide bonds. The van der Waals surface area contributed by atoms with Gasteiger partial charge < -0.3 is 10.2 Å². The van der Waals surface area contributed by atoms with Gasteiger partial charge in [-0.15, -0.1) is 0 Å². The summed E-state index contributed by atoms with van der Waals surface area (Å²) in [7, 11) is 0. The molecule has 0 aliphatic carbocycles. The first-order chi connectivity index (χ1) is 8.32. The number of aryl methyl sites for hydroxylation is 1. The van der Waals surface area contributed by atoms with E-state index >= 15 is 0 Å². The third-order valence-electron chi connectivity index (χ3n) is 3.61. The molecule has 0 spiro atoms. The lowest BCUT2D eigenvalue weighted by molar-refractivity contribution is -0.143. The number of benzene rings is 1. The van der Waals surface area contributed by atoms with Crippen LogP contribution in [0.1, 0.15) is 49.8 Å². The molecular weight excluding hydrogens is 228 g/mol. The van der Waals surface area contributed by atoms with E-state index in [-0.39, 0.29) is 13.0 Å². The van der Waals surface area contributed by atoms with Crippen molar-refractivity contribution in [3.63, 3.8) is 0 Å². The predicted octanol–water partition coefficient (Wildman–Crippen LogP) is 2.84. The van der Waals surface area contributed by atoms with E-state index in [2.05, 4.69) is 13.8 Å². The van der Waals surface area contributed by atoms with E-state index in [0.717, 1.165) is 16.7 Å². The molecule has 1 unspecified atom stereocenters. The Morgan fingerprint density at radius 1 is 1.39 bits per heavy atom. The van der Waals surface area contributed by atoms with Crippen molar-refractivity contribution in [1.29, 1.82) is 0 Å². The van der Waals surface area contributed by atoms with Crippen molar-refractivity contribution >= 4 is 5.97 Å². The number of aliphatic hydroxyl groups excluding tert-OH is 1. The van der Waals surface area contributed by atoms with Crippen LogP contribution in [0.25, 0.3) is 0 Å². The molecule has 0 aliphatic heterocycles. The van der Waals surface area contributed by atoms with Gasteiger partial charge in [0.2, 0.25) is 0 Å². The van der Waals surface area contributed by atoms with E-state index in [1.807, 2.05) is 25.1 Å². The van der Waals surface area contributed by atoms with Crippen molar-refractivity contribution in [2.24, 2.45) is 0 Å². The average Bonchev–Trinajstić information content (AvgIpc) is 2.29. The first-order valence-electron chi connectivity index (χ1n) is 6.28. The molecule has 0 radical (unpaired) electrons. The van der Waals surface area contributed by atoms with Gasteiger partial charge in [-0.3, -0.25) is 4.79 Å². The molecule has 3 heteroatoms. The number of aliphatic carboxylic acids is 1. The van der Waals surface area contributed by atoms with Crippen LogP contribution in [0.15, 0.2) is 18.2 Å². The van der Waals surface area contributed by atoms with Gasteiger partial charge in [0.05, 0.1) is 5.41 Å². The fourth-order valence-corrected chi connectivity index (χ4v) is 2.17. The molecule has 0 heterocycles. The number of rotatable bonds is 5. The second-order valence-electron chi connectivity index (χ2n) is 5.34. The van der Waals surface area contributed by atoms with Crippen LogP contribution in [-0.2, 0) is 10.2 Å². The lowest BCUT2D eigenvalue weighted by Crippen LogP contribution is -2.34. The topological polar surface area (TPSA) is 57.5 Å². The molecule has 0 fully saturated rings. The smallest absolute Gasteiger partial charge is 0.313 e. The van der Waals surface area contributed by atoms with Gasteiger partial charge in [0.25, 0.3) is 0 Å². The van der Waals surface area contributed by atoms with Gasteiger partial charge >= 0.3 is 5.97 Å². The molecule has 1 aromatic rings. The number of aliphatic hydroxyl groups is 1. The Morgan fingerprint density at radius 3 is 2.44 bits per heavy atom.